The van der Waals surface area contributed by atoms with Gasteiger partial charge in [0.2, 0.25) is 11.8 Å². The van der Waals surface area contributed by atoms with Crippen LogP contribution in [0.25, 0.3) is 0 Å². The molecular weight excluding hydrogens is 276 g/mol. The quantitative estimate of drug-likeness (QED) is 0.912. The molecule has 2 fully saturated rings. The van der Waals surface area contributed by atoms with E-state index in [9.17, 15) is 9.59 Å². The Morgan fingerprint density at radius 2 is 1.82 bits per heavy atom. The van der Waals surface area contributed by atoms with E-state index in [0.717, 1.165) is 29.7 Å². The summed E-state index contributed by atoms with van der Waals surface area (Å²) in [6.45, 7) is 6.26. The van der Waals surface area contributed by atoms with E-state index in [2.05, 4.69) is 5.32 Å². The minimum Gasteiger partial charge on any atom is -0.331 e. The third-order valence-electron chi connectivity index (χ3n) is 5.28. The van der Waals surface area contributed by atoms with Crippen LogP contribution in [0.2, 0.25) is 0 Å². The molecule has 22 heavy (non-hydrogen) atoms. The third-order valence-corrected chi connectivity index (χ3v) is 5.28. The molecule has 4 heteroatoms. The van der Waals surface area contributed by atoms with Crippen molar-refractivity contribution in [2.24, 2.45) is 5.41 Å². The summed E-state index contributed by atoms with van der Waals surface area (Å²) < 4.78 is 0. The van der Waals surface area contributed by atoms with E-state index in [1.165, 1.54) is 12.8 Å². The zero-order chi connectivity index (χ0) is 15.9. The van der Waals surface area contributed by atoms with Gasteiger partial charge >= 0.3 is 0 Å². The molecule has 1 saturated heterocycles. The highest BCUT2D eigenvalue weighted by atomic mass is 16.2. The summed E-state index contributed by atoms with van der Waals surface area (Å²) in [5.41, 5.74) is 3.32. The number of hydrogen-bond donors (Lipinski definition) is 1. The number of para-hydroxylation sites is 1. The molecule has 2 aliphatic rings. The van der Waals surface area contributed by atoms with E-state index in [0.29, 0.717) is 12.0 Å². The molecule has 1 N–H and O–H groups in total. The predicted molar refractivity (Wildman–Crippen MR) is 86.6 cm³/mol. The first-order valence-corrected chi connectivity index (χ1v) is 8.06. The number of nitrogens with one attached hydrogen (secondary N) is 1. The standard InChI is InChI=1S/C18H24N2O2/c1-12-5-4-6-13(2)16(12)19-17(22)15-11-18(7-8-18)9-10-20(15)14(3)21/h4-6,15H,7-11H2,1-3H3,(H,19,22). The molecule has 1 aliphatic heterocycles. The number of piperidine rings is 1. The number of hydrogen-bond acceptors (Lipinski definition) is 2. The summed E-state index contributed by atoms with van der Waals surface area (Å²) in [6.07, 6.45) is 4.25. The van der Waals surface area contributed by atoms with Crippen LogP contribution in [0.3, 0.4) is 0 Å². The van der Waals surface area contributed by atoms with Crippen molar-refractivity contribution < 1.29 is 9.59 Å². The Kier molecular flexibility index (Phi) is 3.71. The van der Waals surface area contributed by atoms with Gasteiger partial charge in [-0.05, 0) is 56.1 Å². The first-order chi connectivity index (χ1) is 10.4. The second kappa shape index (κ2) is 5.41. The minimum absolute atomic E-state index is 0.00263. The van der Waals surface area contributed by atoms with Gasteiger partial charge in [-0.2, -0.15) is 0 Å². The molecule has 1 heterocycles. The molecule has 118 valence electrons. The predicted octanol–water partition coefficient (Wildman–Crippen LogP) is 3.03. The van der Waals surface area contributed by atoms with Crippen LogP contribution in [0.5, 0.6) is 0 Å². The van der Waals surface area contributed by atoms with Crippen LogP contribution in [0, 0.1) is 19.3 Å². The van der Waals surface area contributed by atoms with Gasteiger partial charge in [0, 0.05) is 19.2 Å². The van der Waals surface area contributed by atoms with Crippen LogP contribution in [0.15, 0.2) is 18.2 Å². The third kappa shape index (κ3) is 2.74. The molecule has 3 rings (SSSR count). The number of amides is 2. The summed E-state index contributed by atoms with van der Waals surface area (Å²) in [5.74, 6) is -0.0456. The largest absolute Gasteiger partial charge is 0.331 e. The highest BCUT2D eigenvalue weighted by Crippen LogP contribution is 2.55. The lowest BCUT2D eigenvalue weighted by molar-refractivity contribution is -0.139. The Bertz CT molecular complexity index is 599. The van der Waals surface area contributed by atoms with Crippen molar-refractivity contribution in [1.82, 2.24) is 4.90 Å². The second-order valence-electron chi connectivity index (χ2n) is 6.94. The number of likely N-dealkylation sites (tertiary alicyclic amines) is 1. The maximum absolute atomic E-state index is 12.8. The van der Waals surface area contributed by atoms with Crippen LogP contribution < -0.4 is 5.32 Å². The van der Waals surface area contributed by atoms with Crippen LogP contribution in [-0.2, 0) is 9.59 Å². The van der Waals surface area contributed by atoms with Gasteiger partial charge in [-0.3, -0.25) is 9.59 Å². The Morgan fingerprint density at radius 1 is 1.18 bits per heavy atom. The summed E-state index contributed by atoms with van der Waals surface area (Å²) in [6, 6.07) is 5.65. The summed E-state index contributed by atoms with van der Waals surface area (Å²) in [4.78, 5) is 26.4. The van der Waals surface area contributed by atoms with Gasteiger partial charge in [0.15, 0.2) is 0 Å². The first kappa shape index (κ1) is 15.1. The minimum atomic E-state index is -0.326. The average molecular weight is 300 g/mol. The SMILES string of the molecule is CC(=O)N1CCC2(CC2)CC1C(=O)Nc1c(C)cccc1C. The van der Waals surface area contributed by atoms with Crippen LogP contribution in [-0.4, -0.2) is 29.3 Å². The molecule has 2 amide bonds. The number of aryl methyl sites for hydroxylation is 2. The molecule has 1 aliphatic carbocycles. The van der Waals surface area contributed by atoms with Gasteiger partial charge in [-0.15, -0.1) is 0 Å². The monoisotopic (exact) mass is 300 g/mol. The Balaban J connectivity index is 1.81. The summed E-state index contributed by atoms with van der Waals surface area (Å²) in [7, 11) is 0. The highest BCUT2D eigenvalue weighted by Gasteiger charge is 2.50. The van der Waals surface area contributed by atoms with Crippen molar-refractivity contribution in [3.05, 3.63) is 29.3 Å². The van der Waals surface area contributed by atoms with Gasteiger partial charge in [-0.25, -0.2) is 0 Å². The van der Waals surface area contributed by atoms with Crippen LogP contribution in [0.4, 0.5) is 5.69 Å². The maximum Gasteiger partial charge on any atom is 0.247 e. The number of rotatable bonds is 2. The van der Waals surface area contributed by atoms with Crippen molar-refractivity contribution in [1.29, 1.82) is 0 Å². The summed E-state index contributed by atoms with van der Waals surface area (Å²) >= 11 is 0. The van der Waals surface area contributed by atoms with E-state index < -0.39 is 0 Å². The summed E-state index contributed by atoms with van der Waals surface area (Å²) in [5, 5.41) is 3.07. The Hall–Kier alpha value is -1.84. The van der Waals surface area contributed by atoms with Gasteiger partial charge in [0.25, 0.3) is 0 Å². The zero-order valence-electron chi connectivity index (χ0n) is 13.6. The van der Waals surface area contributed by atoms with Gasteiger partial charge in [-0.1, -0.05) is 18.2 Å². The van der Waals surface area contributed by atoms with Crippen molar-refractivity contribution in [3.8, 4) is 0 Å². The number of carbonyl (C=O) groups is 2. The fourth-order valence-corrected chi connectivity index (χ4v) is 3.60. The highest BCUT2D eigenvalue weighted by molar-refractivity contribution is 5.98. The Morgan fingerprint density at radius 3 is 2.36 bits per heavy atom. The van der Waals surface area contributed by atoms with E-state index in [4.69, 9.17) is 0 Å². The number of benzene rings is 1. The molecule has 0 radical (unpaired) electrons. The normalized spacial score (nSPS) is 22.5. The molecule has 1 spiro atoms. The molecule has 1 aromatic rings. The first-order valence-electron chi connectivity index (χ1n) is 8.06. The van der Waals surface area contributed by atoms with E-state index in [1.807, 2.05) is 32.0 Å². The Labute approximate surface area is 131 Å². The van der Waals surface area contributed by atoms with Gasteiger partial charge in [0.05, 0.1) is 0 Å². The lowest BCUT2D eigenvalue weighted by Gasteiger charge is -2.38. The second-order valence-corrected chi connectivity index (χ2v) is 6.94. The number of anilines is 1. The van der Waals surface area contributed by atoms with E-state index >= 15 is 0 Å². The van der Waals surface area contributed by atoms with Crippen molar-refractivity contribution in [3.63, 3.8) is 0 Å². The van der Waals surface area contributed by atoms with E-state index in [-0.39, 0.29) is 17.9 Å². The molecule has 1 saturated carbocycles. The van der Waals surface area contributed by atoms with Gasteiger partial charge in [0.1, 0.15) is 6.04 Å². The number of nitrogens with zero attached hydrogens (tertiary/aromatic N) is 1. The zero-order valence-corrected chi connectivity index (χ0v) is 13.6. The van der Waals surface area contributed by atoms with Crippen LogP contribution in [0.1, 0.15) is 43.7 Å². The van der Waals surface area contributed by atoms with Crippen molar-refractivity contribution >= 4 is 17.5 Å². The molecule has 1 unspecified atom stereocenters. The van der Waals surface area contributed by atoms with Crippen LogP contribution >= 0.6 is 0 Å². The van der Waals surface area contributed by atoms with E-state index in [1.54, 1.807) is 11.8 Å². The molecular formula is C18H24N2O2. The molecule has 0 bridgehead atoms. The topological polar surface area (TPSA) is 49.4 Å². The average Bonchev–Trinajstić information content (AvgIpc) is 3.21. The fourth-order valence-electron chi connectivity index (χ4n) is 3.60. The fraction of sp³-hybridized carbons (Fsp3) is 0.556. The number of carbonyl (C=O) groups excluding carboxylic acids is 2. The molecule has 1 atom stereocenters. The maximum atomic E-state index is 12.8. The molecule has 4 nitrogen and oxygen atoms in total. The molecule has 0 aromatic heterocycles. The lowest BCUT2D eigenvalue weighted by Crippen LogP contribution is -2.51. The van der Waals surface area contributed by atoms with Crippen molar-refractivity contribution in [2.75, 3.05) is 11.9 Å². The lowest BCUT2D eigenvalue weighted by atomic mass is 9.87. The van der Waals surface area contributed by atoms with Crippen molar-refractivity contribution in [2.45, 2.75) is 52.5 Å². The smallest absolute Gasteiger partial charge is 0.247 e. The van der Waals surface area contributed by atoms with Gasteiger partial charge < -0.3 is 10.2 Å². The molecule has 1 aromatic carbocycles.